The Hall–Kier alpha value is -1.89. The molecule has 0 radical (unpaired) electrons. The molecule has 7 heteroatoms. The van der Waals surface area contributed by atoms with Gasteiger partial charge in [-0.3, -0.25) is 14.8 Å². The minimum absolute atomic E-state index is 0.0441. The summed E-state index contributed by atoms with van der Waals surface area (Å²) in [6.45, 7) is 3.63. The monoisotopic (exact) mass is 334 g/mol. The molecule has 2 heterocycles. The van der Waals surface area contributed by atoms with Gasteiger partial charge in [0.2, 0.25) is 0 Å². The first-order valence-corrected chi connectivity index (χ1v) is 7.99. The summed E-state index contributed by atoms with van der Waals surface area (Å²) in [7, 11) is 0. The van der Waals surface area contributed by atoms with Gasteiger partial charge in [0.1, 0.15) is 0 Å². The zero-order valence-corrected chi connectivity index (χ0v) is 13.5. The number of piperazine rings is 1. The molecule has 6 nitrogen and oxygen atoms in total. The SMILES string of the molecule is O=C(c1cn[nH]c1-c1ccccc1Cl)N1CCN(CCO)CC1. The number of carbonyl (C=O) groups excluding carboxylic acids is 1. The number of rotatable bonds is 4. The van der Waals surface area contributed by atoms with Crippen LogP contribution in [0.25, 0.3) is 11.3 Å². The van der Waals surface area contributed by atoms with Crippen molar-refractivity contribution in [2.45, 2.75) is 0 Å². The number of hydrogen-bond donors (Lipinski definition) is 2. The normalized spacial score (nSPS) is 15.8. The molecule has 0 bridgehead atoms. The number of aliphatic hydroxyl groups excluding tert-OH is 1. The molecule has 1 aliphatic heterocycles. The van der Waals surface area contributed by atoms with Gasteiger partial charge < -0.3 is 10.0 Å². The number of hydrogen-bond acceptors (Lipinski definition) is 4. The van der Waals surface area contributed by atoms with Crippen LogP contribution < -0.4 is 0 Å². The minimum Gasteiger partial charge on any atom is -0.395 e. The zero-order chi connectivity index (χ0) is 16.2. The number of nitrogens with zero attached hydrogens (tertiary/aromatic N) is 3. The lowest BCUT2D eigenvalue weighted by Crippen LogP contribution is -2.49. The Morgan fingerprint density at radius 3 is 2.70 bits per heavy atom. The lowest BCUT2D eigenvalue weighted by Gasteiger charge is -2.34. The van der Waals surface area contributed by atoms with Crippen molar-refractivity contribution in [1.82, 2.24) is 20.0 Å². The average molecular weight is 335 g/mol. The molecule has 1 aromatic heterocycles. The fourth-order valence-electron chi connectivity index (χ4n) is 2.80. The molecule has 1 aromatic carbocycles. The molecule has 1 aliphatic rings. The maximum absolute atomic E-state index is 12.8. The van der Waals surface area contributed by atoms with Crippen molar-refractivity contribution in [1.29, 1.82) is 0 Å². The second kappa shape index (κ2) is 7.12. The van der Waals surface area contributed by atoms with Gasteiger partial charge in [-0.1, -0.05) is 29.8 Å². The molecule has 1 saturated heterocycles. The fraction of sp³-hybridized carbons (Fsp3) is 0.375. The lowest BCUT2D eigenvalue weighted by molar-refractivity contribution is 0.0616. The summed E-state index contributed by atoms with van der Waals surface area (Å²) < 4.78 is 0. The molecule has 2 aromatic rings. The predicted octanol–water partition coefficient (Wildman–Crippen LogP) is 1.48. The van der Waals surface area contributed by atoms with E-state index >= 15 is 0 Å². The highest BCUT2D eigenvalue weighted by Crippen LogP contribution is 2.29. The first-order chi connectivity index (χ1) is 11.2. The first-order valence-electron chi connectivity index (χ1n) is 7.61. The van der Waals surface area contributed by atoms with Crippen molar-refractivity contribution in [3.63, 3.8) is 0 Å². The molecule has 1 amide bonds. The second-order valence-corrected chi connectivity index (χ2v) is 5.90. The Labute approximate surface area is 139 Å². The first kappa shape index (κ1) is 16.0. The molecule has 23 heavy (non-hydrogen) atoms. The van der Waals surface area contributed by atoms with Gasteiger partial charge in [0.25, 0.3) is 5.91 Å². The van der Waals surface area contributed by atoms with Gasteiger partial charge in [-0.15, -0.1) is 0 Å². The second-order valence-electron chi connectivity index (χ2n) is 5.50. The van der Waals surface area contributed by atoms with Gasteiger partial charge >= 0.3 is 0 Å². The molecule has 0 atom stereocenters. The Morgan fingerprint density at radius 2 is 2.00 bits per heavy atom. The van der Waals surface area contributed by atoms with E-state index in [-0.39, 0.29) is 12.5 Å². The van der Waals surface area contributed by atoms with Crippen molar-refractivity contribution < 1.29 is 9.90 Å². The van der Waals surface area contributed by atoms with Crippen LogP contribution in [0.1, 0.15) is 10.4 Å². The van der Waals surface area contributed by atoms with Crippen molar-refractivity contribution in [2.75, 3.05) is 39.3 Å². The Kier molecular flexibility index (Phi) is 4.95. The van der Waals surface area contributed by atoms with Crippen LogP contribution in [0.15, 0.2) is 30.5 Å². The molecule has 0 saturated carbocycles. The molecule has 0 spiro atoms. The Balaban J connectivity index is 1.77. The van der Waals surface area contributed by atoms with Gasteiger partial charge in [0.15, 0.2) is 0 Å². The standard InChI is InChI=1S/C16H19ClN4O2/c17-14-4-2-1-3-12(14)15-13(11-18-19-15)16(23)21-7-5-20(6-8-21)9-10-22/h1-4,11,22H,5-10H2,(H,18,19). The Bertz CT molecular complexity index is 680. The molecule has 0 aliphatic carbocycles. The van der Waals surface area contributed by atoms with E-state index in [9.17, 15) is 4.79 Å². The van der Waals surface area contributed by atoms with Gasteiger partial charge in [-0.05, 0) is 6.07 Å². The van der Waals surface area contributed by atoms with Crippen LogP contribution in [-0.4, -0.2) is 70.3 Å². The van der Waals surface area contributed by atoms with E-state index in [1.165, 1.54) is 0 Å². The lowest BCUT2D eigenvalue weighted by atomic mass is 10.1. The fourth-order valence-corrected chi connectivity index (χ4v) is 3.03. The number of carbonyl (C=O) groups is 1. The van der Waals surface area contributed by atoms with Crippen molar-refractivity contribution >= 4 is 17.5 Å². The maximum atomic E-state index is 12.8. The van der Waals surface area contributed by atoms with Crippen molar-refractivity contribution in [3.05, 3.63) is 41.0 Å². The minimum atomic E-state index is -0.0441. The van der Waals surface area contributed by atoms with Gasteiger partial charge in [0, 0.05) is 43.3 Å². The van der Waals surface area contributed by atoms with Crippen LogP contribution in [0.4, 0.5) is 0 Å². The summed E-state index contributed by atoms with van der Waals surface area (Å²) in [6, 6.07) is 7.39. The molecular weight excluding hydrogens is 316 g/mol. The third-order valence-electron chi connectivity index (χ3n) is 4.09. The Morgan fingerprint density at radius 1 is 1.26 bits per heavy atom. The van der Waals surface area contributed by atoms with Crippen LogP contribution in [0, 0.1) is 0 Å². The number of H-pyrrole nitrogens is 1. The van der Waals surface area contributed by atoms with Gasteiger partial charge in [-0.2, -0.15) is 5.10 Å². The van der Waals surface area contributed by atoms with Crippen LogP contribution >= 0.6 is 11.6 Å². The summed E-state index contributed by atoms with van der Waals surface area (Å²) in [5, 5.41) is 16.5. The number of halogens is 1. The summed E-state index contributed by atoms with van der Waals surface area (Å²) in [4.78, 5) is 16.8. The molecule has 2 N–H and O–H groups in total. The highest BCUT2D eigenvalue weighted by atomic mass is 35.5. The molecule has 1 fully saturated rings. The summed E-state index contributed by atoms with van der Waals surface area (Å²) in [6.07, 6.45) is 1.56. The topological polar surface area (TPSA) is 72.5 Å². The molecule has 0 unspecified atom stereocenters. The van der Waals surface area contributed by atoms with Gasteiger partial charge in [0.05, 0.1) is 24.1 Å². The van der Waals surface area contributed by atoms with Crippen LogP contribution in [0.5, 0.6) is 0 Å². The summed E-state index contributed by atoms with van der Waals surface area (Å²) in [5.74, 6) is -0.0441. The van der Waals surface area contributed by atoms with Crippen molar-refractivity contribution in [2.24, 2.45) is 0 Å². The number of aromatic amines is 1. The van der Waals surface area contributed by atoms with Gasteiger partial charge in [-0.25, -0.2) is 0 Å². The number of β-amino-alcohol motifs (C(OH)–C–C–N with tert-alkyl or cyclic N) is 1. The maximum Gasteiger partial charge on any atom is 0.257 e. The smallest absolute Gasteiger partial charge is 0.257 e. The quantitative estimate of drug-likeness (QED) is 0.888. The highest BCUT2D eigenvalue weighted by Gasteiger charge is 2.25. The van der Waals surface area contributed by atoms with Crippen LogP contribution in [0.2, 0.25) is 5.02 Å². The van der Waals surface area contributed by atoms with E-state index in [0.717, 1.165) is 18.7 Å². The molecular formula is C16H19ClN4O2. The number of benzene rings is 1. The highest BCUT2D eigenvalue weighted by molar-refractivity contribution is 6.33. The average Bonchev–Trinajstić information content (AvgIpc) is 3.05. The van der Waals surface area contributed by atoms with Crippen LogP contribution in [0.3, 0.4) is 0 Å². The van der Waals surface area contributed by atoms with E-state index < -0.39 is 0 Å². The number of nitrogens with one attached hydrogen (secondary N) is 1. The largest absolute Gasteiger partial charge is 0.395 e. The van der Waals surface area contributed by atoms with E-state index in [0.29, 0.717) is 35.9 Å². The van der Waals surface area contributed by atoms with Crippen molar-refractivity contribution in [3.8, 4) is 11.3 Å². The van der Waals surface area contributed by atoms with E-state index in [1.807, 2.05) is 23.1 Å². The van der Waals surface area contributed by atoms with E-state index in [4.69, 9.17) is 16.7 Å². The third kappa shape index (κ3) is 3.39. The van der Waals surface area contributed by atoms with E-state index in [2.05, 4.69) is 15.1 Å². The summed E-state index contributed by atoms with van der Waals surface area (Å²) >= 11 is 6.23. The number of aromatic nitrogens is 2. The number of aliphatic hydroxyl groups is 1. The van der Waals surface area contributed by atoms with E-state index in [1.54, 1.807) is 12.3 Å². The molecule has 122 valence electrons. The van der Waals surface area contributed by atoms with Crippen LogP contribution in [-0.2, 0) is 0 Å². The third-order valence-corrected chi connectivity index (χ3v) is 4.42. The number of amides is 1. The summed E-state index contributed by atoms with van der Waals surface area (Å²) in [5.41, 5.74) is 1.96. The predicted molar refractivity (Wildman–Crippen MR) is 88.5 cm³/mol. The zero-order valence-electron chi connectivity index (χ0n) is 12.7. The molecule has 3 rings (SSSR count).